The number of pyridine rings is 1. The lowest BCUT2D eigenvalue weighted by molar-refractivity contribution is -0.728. The lowest BCUT2D eigenvalue weighted by Crippen LogP contribution is -2.47. The zero-order valence-corrected chi connectivity index (χ0v) is 15.4. The predicted octanol–water partition coefficient (Wildman–Crippen LogP) is 2.19. The van der Waals surface area contributed by atoms with Gasteiger partial charge in [0.25, 0.3) is 0 Å². The molecule has 0 spiro atoms. The Morgan fingerprint density at radius 1 is 1.08 bits per heavy atom. The highest BCUT2D eigenvalue weighted by atomic mass is 35.5. The van der Waals surface area contributed by atoms with Crippen molar-refractivity contribution in [3.8, 4) is 6.01 Å². The number of hydrogen-bond acceptors (Lipinski definition) is 4. The van der Waals surface area contributed by atoms with E-state index in [0.29, 0.717) is 0 Å². The summed E-state index contributed by atoms with van der Waals surface area (Å²) in [6, 6.07) is 13.9. The first-order chi connectivity index (χ1) is 12.7. The first-order valence-corrected chi connectivity index (χ1v) is 9.37. The molecule has 0 bridgehead atoms. The van der Waals surface area contributed by atoms with E-state index in [1.54, 1.807) is 4.40 Å². The molecule has 1 aliphatic rings. The molecule has 0 amide bonds. The monoisotopic (exact) mass is 372 g/mol. The molecule has 1 aliphatic heterocycles. The number of nitrogens with zero attached hydrogens (tertiary/aromatic N) is 5. The van der Waals surface area contributed by atoms with Crippen LogP contribution in [-0.2, 0) is 6.54 Å². The maximum atomic E-state index is 9.90. The van der Waals surface area contributed by atoms with Gasteiger partial charge in [0.15, 0.2) is 0 Å². The van der Waals surface area contributed by atoms with Crippen LogP contribution in [0.5, 0.6) is 6.01 Å². The van der Waals surface area contributed by atoms with Crippen LogP contribution < -0.4 is 9.58 Å². The van der Waals surface area contributed by atoms with Gasteiger partial charge in [-0.2, -0.15) is 0 Å². The molecular weight excluding hydrogens is 350 g/mol. The van der Waals surface area contributed by atoms with E-state index in [-0.39, 0.29) is 6.01 Å². The molecule has 2 aromatic heterocycles. The van der Waals surface area contributed by atoms with Crippen molar-refractivity contribution in [3.05, 3.63) is 53.7 Å². The first kappa shape index (κ1) is 17.1. The Kier molecular flexibility index (Phi) is 4.95. The SMILES string of the molecule is Oc1n[n+](CCCN2CCN(c3cccc(Cl)c3)CC2)c2ccccn12. The molecule has 4 rings (SSSR count). The molecule has 6 nitrogen and oxygen atoms in total. The number of benzene rings is 1. The number of anilines is 1. The van der Waals surface area contributed by atoms with Crippen molar-refractivity contribution in [2.45, 2.75) is 13.0 Å². The Balaban J connectivity index is 1.28. The Bertz CT molecular complexity index is 889. The zero-order valence-electron chi connectivity index (χ0n) is 14.6. The minimum absolute atomic E-state index is 0.0377. The average Bonchev–Trinajstić information content (AvgIpc) is 2.99. The number of rotatable bonds is 5. The lowest BCUT2D eigenvalue weighted by atomic mass is 10.2. The van der Waals surface area contributed by atoms with E-state index in [1.807, 2.05) is 47.3 Å². The summed E-state index contributed by atoms with van der Waals surface area (Å²) < 4.78 is 3.57. The first-order valence-electron chi connectivity index (χ1n) is 9.00. The Labute approximate surface area is 157 Å². The van der Waals surface area contributed by atoms with E-state index in [0.717, 1.165) is 56.4 Å². The summed E-state index contributed by atoms with van der Waals surface area (Å²) in [4.78, 5) is 4.87. The van der Waals surface area contributed by atoms with Crippen LogP contribution in [0.15, 0.2) is 48.7 Å². The quantitative estimate of drug-likeness (QED) is 0.697. The van der Waals surface area contributed by atoms with E-state index in [2.05, 4.69) is 21.0 Å². The van der Waals surface area contributed by atoms with Gasteiger partial charge in [0.2, 0.25) is 0 Å². The molecular formula is C19H23ClN5O+. The number of hydrogen-bond donors (Lipinski definition) is 1. The molecule has 3 heterocycles. The van der Waals surface area contributed by atoms with Gasteiger partial charge in [-0.15, -0.1) is 9.08 Å². The van der Waals surface area contributed by atoms with Crippen molar-refractivity contribution in [1.82, 2.24) is 14.4 Å². The van der Waals surface area contributed by atoms with Crippen LogP contribution in [0, 0.1) is 0 Å². The fraction of sp³-hybridized carbons (Fsp3) is 0.368. The largest absolute Gasteiger partial charge is 0.460 e. The van der Waals surface area contributed by atoms with Gasteiger partial charge >= 0.3 is 11.7 Å². The summed E-state index contributed by atoms with van der Waals surface area (Å²) >= 11 is 6.10. The lowest BCUT2D eigenvalue weighted by Gasteiger charge is -2.36. The third kappa shape index (κ3) is 3.61. The fourth-order valence-corrected chi connectivity index (χ4v) is 3.72. The van der Waals surface area contributed by atoms with Gasteiger partial charge in [0, 0.05) is 61.0 Å². The number of halogens is 1. The van der Waals surface area contributed by atoms with Crippen LogP contribution in [0.25, 0.3) is 5.65 Å². The molecule has 3 aromatic rings. The van der Waals surface area contributed by atoms with Crippen molar-refractivity contribution < 1.29 is 9.79 Å². The normalized spacial score (nSPS) is 15.7. The second-order valence-electron chi connectivity index (χ2n) is 6.61. The van der Waals surface area contributed by atoms with Gasteiger partial charge in [0.1, 0.15) is 12.7 Å². The molecule has 0 radical (unpaired) electrons. The summed E-state index contributed by atoms with van der Waals surface area (Å²) in [6.45, 7) is 5.95. The van der Waals surface area contributed by atoms with Gasteiger partial charge in [-0.3, -0.25) is 4.90 Å². The molecule has 0 unspecified atom stereocenters. The second-order valence-corrected chi connectivity index (χ2v) is 7.05. The van der Waals surface area contributed by atoms with Gasteiger partial charge in [-0.1, -0.05) is 23.7 Å². The Morgan fingerprint density at radius 2 is 1.92 bits per heavy atom. The van der Waals surface area contributed by atoms with Crippen molar-refractivity contribution >= 4 is 22.9 Å². The van der Waals surface area contributed by atoms with Crippen molar-refractivity contribution in [3.63, 3.8) is 0 Å². The van der Waals surface area contributed by atoms with Crippen molar-refractivity contribution in [2.75, 3.05) is 37.6 Å². The second kappa shape index (κ2) is 7.51. The number of aromatic hydroxyl groups is 1. The number of piperazine rings is 1. The summed E-state index contributed by atoms with van der Waals surface area (Å²) in [5.74, 6) is 0. The van der Waals surface area contributed by atoms with Gasteiger partial charge < -0.3 is 10.0 Å². The summed E-state index contributed by atoms with van der Waals surface area (Å²) in [5, 5.41) is 14.9. The van der Waals surface area contributed by atoms with Crippen molar-refractivity contribution in [2.24, 2.45) is 0 Å². The van der Waals surface area contributed by atoms with Crippen LogP contribution >= 0.6 is 11.6 Å². The van der Waals surface area contributed by atoms with Crippen LogP contribution in [0.2, 0.25) is 5.02 Å². The number of aryl methyl sites for hydroxylation is 1. The Hall–Kier alpha value is -2.31. The van der Waals surface area contributed by atoms with Gasteiger partial charge in [-0.25, -0.2) is 0 Å². The number of fused-ring (bicyclic) bond motifs is 1. The smallest absolute Gasteiger partial charge is 0.429 e. The molecule has 1 N–H and O–H groups in total. The maximum absolute atomic E-state index is 9.90. The van der Waals surface area contributed by atoms with Crippen LogP contribution in [0.1, 0.15) is 6.42 Å². The van der Waals surface area contributed by atoms with Gasteiger partial charge in [-0.05, 0) is 24.3 Å². The Morgan fingerprint density at radius 3 is 2.73 bits per heavy atom. The number of aromatic nitrogens is 3. The third-order valence-electron chi connectivity index (χ3n) is 4.92. The van der Waals surface area contributed by atoms with E-state index in [9.17, 15) is 5.11 Å². The minimum Gasteiger partial charge on any atom is -0.460 e. The summed E-state index contributed by atoms with van der Waals surface area (Å²) in [7, 11) is 0. The highest BCUT2D eigenvalue weighted by Crippen LogP contribution is 2.20. The van der Waals surface area contributed by atoms with E-state index in [1.165, 1.54) is 5.69 Å². The highest BCUT2D eigenvalue weighted by molar-refractivity contribution is 6.30. The van der Waals surface area contributed by atoms with Crippen LogP contribution in [0.3, 0.4) is 0 Å². The molecule has 1 aromatic carbocycles. The molecule has 1 saturated heterocycles. The van der Waals surface area contributed by atoms with E-state index < -0.39 is 0 Å². The molecule has 7 heteroatoms. The molecule has 0 aliphatic carbocycles. The van der Waals surface area contributed by atoms with E-state index >= 15 is 0 Å². The zero-order chi connectivity index (χ0) is 17.9. The molecule has 1 fully saturated rings. The molecule has 0 atom stereocenters. The summed E-state index contributed by atoms with van der Waals surface area (Å²) in [6.07, 6.45) is 2.83. The third-order valence-corrected chi connectivity index (χ3v) is 5.15. The summed E-state index contributed by atoms with van der Waals surface area (Å²) in [5.41, 5.74) is 2.11. The fourth-order valence-electron chi connectivity index (χ4n) is 3.53. The standard InChI is InChI=1S/C19H22ClN5O/c20-16-5-3-6-17(15-16)23-13-11-22(12-14-23)8-4-10-25-18-7-1-2-9-24(18)19(26)21-25/h1-3,5-7,9,15H,4,8,10-14H2/p+1. The van der Waals surface area contributed by atoms with Crippen LogP contribution in [-0.4, -0.2) is 52.2 Å². The topological polar surface area (TPSA) is 47.9 Å². The van der Waals surface area contributed by atoms with Gasteiger partial charge in [0.05, 0.1) is 0 Å². The maximum Gasteiger partial charge on any atom is 0.429 e. The molecule has 0 saturated carbocycles. The highest BCUT2D eigenvalue weighted by Gasteiger charge is 2.19. The average molecular weight is 373 g/mol. The van der Waals surface area contributed by atoms with Crippen LogP contribution in [0.4, 0.5) is 5.69 Å². The predicted molar refractivity (Wildman–Crippen MR) is 102 cm³/mol. The minimum atomic E-state index is 0.0377. The molecule has 26 heavy (non-hydrogen) atoms. The van der Waals surface area contributed by atoms with Crippen molar-refractivity contribution in [1.29, 1.82) is 0 Å². The van der Waals surface area contributed by atoms with E-state index in [4.69, 9.17) is 11.6 Å². The molecule has 136 valence electrons.